The van der Waals surface area contributed by atoms with Crippen LogP contribution >= 0.6 is 0 Å². The Balaban J connectivity index is 2.56. The minimum atomic E-state index is -0.0284. The highest BCUT2D eigenvalue weighted by atomic mass is 16.5. The zero-order chi connectivity index (χ0) is 8.10. The highest BCUT2D eigenvalue weighted by Crippen LogP contribution is 2.16. The van der Waals surface area contributed by atoms with Crippen LogP contribution in [-0.4, -0.2) is 23.4 Å². The lowest BCUT2D eigenvalue weighted by Gasteiger charge is -2.02. The zero-order valence-electron chi connectivity index (χ0n) is 5.95. The van der Waals surface area contributed by atoms with Gasteiger partial charge in [-0.1, -0.05) is 0 Å². The molecule has 0 aliphatic carbocycles. The fourth-order valence-electron chi connectivity index (χ4n) is 0.687. The molecule has 0 heterocycles. The minimum Gasteiger partial charge on any atom is -0.507 e. The number of aromatic hydroxyl groups is 1. The minimum absolute atomic E-state index is 0.0284. The Labute approximate surface area is 64.9 Å². The van der Waals surface area contributed by atoms with Crippen LogP contribution in [0.3, 0.4) is 0 Å². The molecule has 0 aliphatic rings. The van der Waals surface area contributed by atoms with Crippen molar-refractivity contribution in [3.8, 4) is 11.5 Å². The van der Waals surface area contributed by atoms with Gasteiger partial charge >= 0.3 is 0 Å². The van der Waals surface area contributed by atoms with Crippen molar-refractivity contribution in [2.24, 2.45) is 0 Å². The first-order chi connectivity index (χ1) is 5.33. The molecule has 11 heavy (non-hydrogen) atoms. The van der Waals surface area contributed by atoms with Crippen LogP contribution < -0.4 is 4.74 Å². The topological polar surface area (TPSA) is 49.7 Å². The largest absolute Gasteiger partial charge is 0.507 e. The molecule has 0 unspecified atom stereocenters. The van der Waals surface area contributed by atoms with Crippen molar-refractivity contribution in [1.82, 2.24) is 0 Å². The summed E-state index contributed by atoms with van der Waals surface area (Å²) in [5.74, 6) is 0.579. The second-order valence-electron chi connectivity index (χ2n) is 1.98. The van der Waals surface area contributed by atoms with Gasteiger partial charge in [0, 0.05) is 12.1 Å². The smallest absolute Gasteiger partial charge is 0.127 e. The molecule has 0 aromatic heterocycles. The molecule has 0 saturated carbocycles. The van der Waals surface area contributed by atoms with E-state index >= 15 is 0 Å². The molecule has 3 nitrogen and oxygen atoms in total. The lowest BCUT2D eigenvalue weighted by Crippen LogP contribution is -2.00. The molecule has 59 valence electrons. The van der Waals surface area contributed by atoms with Crippen LogP contribution in [0, 0.1) is 6.07 Å². The van der Waals surface area contributed by atoms with Gasteiger partial charge in [0.1, 0.15) is 18.1 Å². The van der Waals surface area contributed by atoms with Gasteiger partial charge in [-0.2, -0.15) is 0 Å². The zero-order valence-corrected chi connectivity index (χ0v) is 5.95. The number of phenols is 1. The van der Waals surface area contributed by atoms with Gasteiger partial charge in [0.15, 0.2) is 0 Å². The number of rotatable bonds is 3. The normalized spacial score (nSPS) is 9.55. The number of benzene rings is 1. The van der Waals surface area contributed by atoms with Gasteiger partial charge in [0.2, 0.25) is 0 Å². The number of aliphatic hydroxyl groups is 1. The summed E-state index contributed by atoms with van der Waals surface area (Å²) in [7, 11) is 0. The number of hydrogen-bond donors (Lipinski definition) is 2. The van der Waals surface area contributed by atoms with E-state index in [1.54, 1.807) is 12.1 Å². The predicted octanol–water partition coefficient (Wildman–Crippen LogP) is 0.563. The maximum atomic E-state index is 8.91. The molecular formula is C8H9O3. The van der Waals surface area contributed by atoms with Crippen molar-refractivity contribution in [1.29, 1.82) is 0 Å². The molecule has 1 aromatic rings. The second-order valence-corrected chi connectivity index (χ2v) is 1.98. The van der Waals surface area contributed by atoms with Crippen LogP contribution in [0.5, 0.6) is 11.5 Å². The Hall–Kier alpha value is -1.22. The predicted molar refractivity (Wildman–Crippen MR) is 39.5 cm³/mol. The number of hydrogen-bond acceptors (Lipinski definition) is 3. The summed E-state index contributed by atoms with van der Waals surface area (Å²) in [5, 5.41) is 17.3. The fraction of sp³-hybridized carbons (Fsp3) is 0.250. The highest BCUT2D eigenvalue weighted by Gasteiger charge is 1.93. The molecule has 0 spiro atoms. The van der Waals surface area contributed by atoms with Crippen LogP contribution in [-0.2, 0) is 0 Å². The van der Waals surface area contributed by atoms with Crippen LogP contribution in [0.4, 0.5) is 0 Å². The summed E-state index contributed by atoms with van der Waals surface area (Å²) in [4.78, 5) is 0. The van der Waals surface area contributed by atoms with Gasteiger partial charge < -0.3 is 14.9 Å². The molecule has 0 aliphatic heterocycles. The van der Waals surface area contributed by atoms with E-state index in [0.717, 1.165) is 0 Å². The molecule has 1 radical (unpaired) electrons. The third kappa shape index (κ3) is 2.47. The van der Waals surface area contributed by atoms with Gasteiger partial charge in [0.25, 0.3) is 0 Å². The molecule has 0 amide bonds. The summed E-state index contributed by atoms with van der Waals surface area (Å²) in [6.45, 7) is 0.211. The molecule has 1 rings (SSSR count). The highest BCUT2D eigenvalue weighted by molar-refractivity contribution is 5.30. The monoisotopic (exact) mass is 153 g/mol. The van der Waals surface area contributed by atoms with Crippen molar-refractivity contribution in [2.75, 3.05) is 13.2 Å². The average Bonchev–Trinajstić information content (AvgIpc) is 2.01. The van der Waals surface area contributed by atoms with Crippen LogP contribution in [0.1, 0.15) is 0 Å². The molecule has 0 atom stereocenters. The standard InChI is InChI=1S/C8H9O3/c9-4-5-11-8-3-1-2-7(10)6-8/h1,3,6,9-10H,4-5H2. The Bertz CT molecular complexity index is 222. The fourth-order valence-corrected chi connectivity index (χ4v) is 0.687. The van der Waals surface area contributed by atoms with Crippen molar-refractivity contribution < 1.29 is 14.9 Å². The second kappa shape index (κ2) is 3.83. The molecule has 3 heteroatoms. The number of aliphatic hydroxyl groups excluding tert-OH is 1. The Morgan fingerprint density at radius 2 is 2.36 bits per heavy atom. The van der Waals surface area contributed by atoms with E-state index in [1.807, 2.05) is 0 Å². The lowest BCUT2D eigenvalue weighted by atomic mass is 10.3. The van der Waals surface area contributed by atoms with Crippen LogP contribution in [0.25, 0.3) is 0 Å². The van der Waals surface area contributed by atoms with E-state index in [9.17, 15) is 0 Å². The third-order valence-corrected chi connectivity index (χ3v) is 1.12. The summed E-state index contributed by atoms with van der Waals surface area (Å²) in [5.41, 5.74) is 0. The number of ether oxygens (including phenoxy) is 1. The molecular weight excluding hydrogens is 144 g/mol. The lowest BCUT2D eigenvalue weighted by molar-refractivity contribution is 0.201. The Morgan fingerprint density at radius 3 is 3.00 bits per heavy atom. The van der Waals surface area contributed by atoms with Gasteiger partial charge in [-0.05, 0) is 12.1 Å². The molecule has 2 N–H and O–H groups in total. The average molecular weight is 153 g/mol. The van der Waals surface area contributed by atoms with Crippen molar-refractivity contribution in [3.63, 3.8) is 0 Å². The summed E-state index contributed by atoms with van der Waals surface area (Å²) in [6.07, 6.45) is 0. The molecule has 0 fully saturated rings. The maximum Gasteiger partial charge on any atom is 0.127 e. The van der Waals surface area contributed by atoms with E-state index in [1.165, 1.54) is 6.07 Å². The van der Waals surface area contributed by atoms with Gasteiger partial charge in [-0.3, -0.25) is 0 Å². The van der Waals surface area contributed by atoms with Crippen molar-refractivity contribution in [3.05, 3.63) is 24.3 Å². The van der Waals surface area contributed by atoms with Crippen LogP contribution in [0.2, 0.25) is 0 Å². The van der Waals surface area contributed by atoms with Gasteiger partial charge in [-0.25, -0.2) is 0 Å². The Morgan fingerprint density at radius 1 is 1.55 bits per heavy atom. The van der Waals surface area contributed by atoms with Gasteiger partial charge in [0.05, 0.1) is 6.61 Å². The van der Waals surface area contributed by atoms with Crippen LogP contribution in [0.15, 0.2) is 18.2 Å². The van der Waals surface area contributed by atoms with Gasteiger partial charge in [-0.15, -0.1) is 0 Å². The number of phenolic OH excluding ortho intramolecular Hbond substituents is 1. The molecule has 1 aromatic carbocycles. The summed E-state index contributed by atoms with van der Waals surface area (Å²) in [6, 6.07) is 7.22. The van der Waals surface area contributed by atoms with E-state index in [-0.39, 0.29) is 19.0 Å². The van der Waals surface area contributed by atoms with E-state index in [2.05, 4.69) is 6.07 Å². The maximum absolute atomic E-state index is 8.91. The first-order valence-electron chi connectivity index (χ1n) is 3.27. The Kier molecular flexibility index (Phi) is 2.74. The quantitative estimate of drug-likeness (QED) is 0.667. The molecule has 0 bridgehead atoms. The van der Waals surface area contributed by atoms with E-state index < -0.39 is 0 Å². The van der Waals surface area contributed by atoms with E-state index in [4.69, 9.17) is 14.9 Å². The summed E-state index contributed by atoms with van der Waals surface area (Å²) >= 11 is 0. The van der Waals surface area contributed by atoms with Crippen molar-refractivity contribution >= 4 is 0 Å². The first-order valence-corrected chi connectivity index (χ1v) is 3.27. The first kappa shape index (κ1) is 7.88. The third-order valence-electron chi connectivity index (χ3n) is 1.12. The molecule has 0 saturated heterocycles. The SMILES string of the molecule is OCCOc1cc[c]c(O)c1. The van der Waals surface area contributed by atoms with Crippen molar-refractivity contribution in [2.45, 2.75) is 0 Å². The van der Waals surface area contributed by atoms with E-state index in [0.29, 0.717) is 5.75 Å². The summed E-state index contributed by atoms with van der Waals surface area (Å²) < 4.78 is 5.01.